The van der Waals surface area contributed by atoms with Gasteiger partial charge in [0.25, 0.3) is 10.1 Å². The predicted octanol–water partition coefficient (Wildman–Crippen LogP) is 5.75. The van der Waals surface area contributed by atoms with E-state index >= 15 is 0 Å². The minimum atomic E-state index is -4.22. The van der Waals surface area contributed by atoms with Gasteiger partial charge in [0.1, 0.15) is 4.90 Å². The van der Waals surface area contributed by atoms with E-state index in [-0.39, 0.29) is 10.8 Å². The van der Waals surface area contributed by atoms with Crippen LogP contribution in [0.25, 0.3) is 6.08 Å². The van der Waals surface area contributed by atoms with Gasteiger partial charge in [-0.15, -0.1) is 0 Å². The molecule has 0 amide bonds. The zero-order valence-electron chi connectivity index (χ0n) is 15.5. The Labute approximate surface area is 157 Å². The lowest BCUT2D eigenvalue weighted by Gasteiger charge is -2.32. The zero-order chi connectivity index (χ0) is 18.1. The topological polar surface area (TPSA) is 54.4 Å². The van der Waals surface area contributed by atoms with Gasteiger partial charge >= 0.3 is 0 Å². The van der Waals surface area contributed by atoms with Crippen LogP contribution in [0.3, 0.4) is 0 Å². The molecule has 0 heterocycles. The maximum Gasteiger partial charge on any atom is 0.295 e. The van der Waals surface area contributed by atoms with Crippen molar-refractivity contribution in [2.45, 2.75) is 81.4 Å². The smallest absolute Gasteiger partial charge is 0.282 e. The first-order valence-corrected chi connectivity index (χ1v) is 11.8. The molecule has 0 radical (unpaired) electrons. The summed E-state index contributed by atoms with van der Waals surface area (Å²) in [6, 6.07) is 4.13. The lowest BCUT2D eigenvalue weighted by atomic mass is 9.74. The van der Waals surface area contributed by atoms with E-state index in [0.717, 1.165) is 54.7 Å². The molecule has 0 aliphatic heterocycles. The second-order valence-electron chi connectivity index (χ2n) is 8.49. The van der Waals surface area contributed by atoms with Crippen LogP contribution in [0.1, 0.15) is 86.8 Å². The van der Waals surface area contributed by atoms with Crippen LogP contribution >= 0.6 is 0 Å². The molecule has 1 aromatic rings. The Morgan fingerprint density at radius 2 is 1.54 bits per heavy atom. The molecule has 1 atom stereocenters. The van der Waals surface area contributed by atoms with Gasteiger partial charge in [-0.2, -0.15) is 8.42 Å². The molecule has 3 nitrogen and oxygen atoms in total. The number of benzene rings is 1. The number of fused-ring (bicyclic) bond motifs is 1. The largest absolute Gasteiger partial charge is 0.295 e. The second-order valence-corrected chi connectivity index (χ2v) is 9.85. The first-order chi connectivity index (χ1) is 12.5. The Bertz CT molecular complexity index is 782. The van der Waals surface area contributed by atoms with Gasteiger partial charge in [-0.05, 0) is 66.5 Å². The fourth-order valence-corrected chi connectivity index (χ4v) is 6.48. The third kappa shape index (κ3) is 3.63. The van der Waals surface area contributed by atoms with Crippen molar-refractivity contribution >= 4 is 16.2 Å². The van der Waals surface area contributed by atoms with Crippen LogP contribution < -0.4 is 0 Å². The Balaban J connectivity index is 1.70. The van der Waals surface area contributed by atoms with E-state index in [9.17, 15) is 13.0 Å². The highest BCUT2D eigenvalue weighted by molar-refractivity contribution is 7.86. The van der Waals surface area contributed by atoms with Crippen LogP contribution in [-0.4, -0.2) is 13.0 Å². The average molecular weight is 375 g/mol. The molecule has 2 fully saturated rings. The normalized spacial score (nSPS) is 25.2. The van der Waals surface area contributed by atoms with E-state index in [4.69, 9.17) is 0 Å². The Morgan fingerprint density at radius 1 is 0.885 bits per heavy atom. The van der Waals surface area contributed by atoms with E-state index in [1.807, 2.05) is 12.1 Å². The molecule has 3 aliphatic carbocycles. The van der Waals surface area contributed by atoms with Gasteiger partial charge in [0, 0.05) is 0 Å². The van der Waals surface area contributed by atoms with E-state index in [1.54, 1.807) is 0 Å². The summed E-state index contributed by atoms with van der Waals surface area (Å²) in [6.07, 6.45) is 17.2. The fourth-order valence-electron chi connectivity index (χ4n) is 5.47. The summed E-state index contributed by atoms with van der Waals surface area (Å²) < 4.78 is 34.6. The summed E-state index contributed by atoms with van der Waals surface area (Å²) in [4.78, 5) is 0.195. The molecule has 2 saturated carbocycles. The standard InChI is InChI=1S/C22H30O3S/c23-26(24,25)22-20(17-9-5-2-6-10-17)14-12-19-15-18(11-13-21(19)22)16-7-3-1-4-8-16/h11-14,16-18H,1-10,15H2,(H,23,24,25). The van der Waals surface area contributed by atoms with Gasteiger partial charge in [0.15, 0.2) is 0 Å². The Kier molecular flexibility index (Phi) is 5.24. The minimum absolute atomic E-state index is 0.195. The first kappa shape index (κ1) is 18.2. The van der Waals surface area contributed by atoms with Crippen molar-refractivity contribution in [2.24, 2.45) is 11.8 Å². The van der Waals surface area contributed by atoms with E-state index in [2.05, 4.69) is 12.1 Å². The maximum atomic E-state index is 12.3. The van der Waals surface area contributed by atoms with Gasteiger partial charge in [0.05, 0.1) is 0 Å². The lowest BCUT2D eigenvalue weighted by molar-refractivity contribution is 0.284. The summed E-state index contributed by atoms with van der Waals surface area (Å²) in [7, 11) is -4.22. The Hall–Kier alpha value is -1.13. The first-order valence-electron chi connectivity index (χ1n) is 10.4. The zero-order valence-corrected chi connectivity index (χ0v) is 16.3. The van der Waals surface area contributed by atoms with Crippen molar-refractivity contribution in [1.29, 1.82) is 0 Å². The highest BCUT2D eigenvalue weighted by atomic mass is 32.2. The molecule has 4 heteroatoms. The van der Waals surface area contributed by atoms with Crippen LogP contribution in [-0.2, 0) is 16.5 Å². The Morgan fingerprint density at radius 3 is 2.19 bits per heavy atom. The molecular formula is C22H30O3S. The van der Waals surface area contributed by atoms with Crippen molar-refractivity contribution in [1.82, 2.24) is 0 Å². The lowest BCUT2D eigenvalue weighted by Crippen LogP contribution is -2.22. The average Bonchev–Trinajstić information content (AvgIpc) is 2.67. The molecular weight excluding hydrogens is 344 g/mol. The van der Waals surface area contributed by atoms with Gasteiger partial charge < -0.3 is 0 Å². The summed E-state index contributed by atoms with van der Waals surface area (Å²) in [6.45, 7) is 0. The second kappa shape index (κ2) is 7.47. The van der Waals surface area contributed by atoms with Gasteiger partial charge in [-0.3, -0.25) is 4.55 Å². The number of hydrogen-bond donors (Lipinski definition) is 1. The summed E-state index contributed by atoms with van der Waals surface area (Å²) >= 11 is 0. The van der Waals surface area contributed by atoms with Crippen LogP contribution in [0.15, 0.2) is 23.1 Å². The van der Waals surface area contributed by atoms with Crippen molar-refractivity contribution < 1.29 is 13.0 Å². The molecule has 142 valence electrons. The van der Waals surface area contributed by atoms with Crippen LogP contribution in [0.5, 0.6) is 0 Å². The summed E-state index contributed by atoms with van der Waals surface area (Å²) in [5, 5.41) is 0. The SMILES string of the molecule is O=S(=O)(O)c1c(C2CCCCC2)ccc2c1C=CC(C1CCCCC1)C2. The molecule has 4 rings (SSSR count). The molecule has 0 spiro atoms. The third-order valence-electron chi connectivity index (χ3n) is 6.84. The molecule has 1 aromatic carbocycles. The van der Waals surface area contributed by atoms with E-state index < -0.39 is 10.1 Å². The quantitative estimate of drug-likeness (QED) is 0.686. The van der Waals surface area contributed by atoms with Gasteiger partial charge in [-0.1, -0.05) is 62.8 Å². The number of allylic oxidation sites excluding steroid dienone is 1. The monoisotopic (exact) mass is 374 g/mol. The van der Waals surface area contributed by atoms with Crippen molar-refractivity contribution in [2.75, 3.05) is 0 Å². The fraction of sp³-hybridized carbons (Fsp3) is 0.636. The molecule has 0 saturated heterocycles. The number of rotatable bonds is 3. The minimum Gasteiger partial charge on any atom is -0.282 e. The molecule has 1 N–H and O–H groups in total. The third-order valence-corrected chi connectivity index (χ3v) is 7.81. The molecule has 3 aliphatic rings. The van der Waals surface area contributed by atoms with Crippen molar-refractivity contribution in [3.05, 3.63) is 34.9 Å². The predicted molar refractivity (Wildman–Crippen MR) is 105 cm³/mol. The molecule has 0 aromatic heterocycles. The molecule has 1 unspecified atom stereocenters. The van der Waals surface area contributed by atoms with Crippen LogP contribution in [0.2, 0.25) is 0 Å². The highest BCUT2D eigenvalue weighted by Gasteiger charge is 2.31. The summed E-state index contributed by atoms with van der Waals surface area (Å²) in [5.74, 6) is 1.49. The van der Waals surface area contributed by atoms with E-state index in [1.165, 1.54) is 38.5 Å². The van der Waals surface area contributed by atoms with Gasteiger partial charge in [-0.25, -0.2) is 0 Å². The van der Waals surface area contributed by atoms with Crippen molar-refractivity contribution in [3.63, 3.8) is 0 Å². The van der Waals surface area contributed by atoms with E-state index in [0.29, 0.717) is 5.92 Å². The summed E-state index contributed by atoms with van der Waals surface area (Å²) in [5.41, 5.74) is 2.68. The van der Waals surface area contributed by atoms with Gasteiger partial charge in [0.2, 0.25) is 0 Å². The highest BCUT2D eigenvalue weighted by Crippen LogP contribution is 2.42. The number of hydrogen-bond acceptors (Lipinski definition) is 2. The molecule has 0 bridgehead atoms. The van der Waals surface area contributed by atoms with Crippen LogP contribution in [0.4, 0.5) is 0 Å². The maximum absolute atomic E-state index is 12.3. The van der Waals surface area contributed by atoms with Crippen molar-refractivity contribution in [3.8, 4) is 0 Å². The molecule has 26 heavy (non-hydrogen) atoms. The van der Waals surface area contributed by atoms with Crippen LogP contribution in [0, 0.1) is 11.8 Å².